The Bertz CT molecular complexity index is 688. The smallest absolute Gasteiger partial charge is 0.140 e. The largest absolute Gasteiger partial charge is 0.378 e. The van der Waals surface area contributed by atoms with Crippen LogP contribution in [0.5, 0.6) is 0 Å². The summed E-state index contributed by atoms with van der Waals surface area (Å²) in [5.41, 5.74) is 4.56. The van der Waals surface area contributed by atoms with Gasteiger partial charge in [-0.2, -0.15) is 0 Å². The molecule has 0 aliphatic heterocycles. The molecule has 136 valence electrons. The van der Waals surface area contributed by atoms with Crippen LogP contribution in [0.1, 0.15) is 24.0 Å². The van der Waals surface area contributed by atoms with E-state index >= 15 is 0 Å². The molecule has 3 nitrogen and oxygen atoms in total. The summed E-state index contributed by atoms with van der Waals surface area (Å²) in [6, 6.07) is 16.6. The van der Waals surface area contributed by atoms with E-state index in [0.717, 1.165) is 11.1 Å². The van der Waals surface area contributed by atoms with Crippen molar-refractivity contribution in [3.8, 4) is 0 Å². The zero-order valence-corrected chi connectivity index (χ0v) is 16.1. The third-order valence-electron chi connectivity index (χ3n) is 4.13. The predicted octanol–water partition coefficient (Wildman–Crippen LogP) is 4.89. The Morgan fingerprint density at radius 3 is 1.35 bits per heavy atom. The summed E-state index contributed by atoms with van der Waals surface area (Å²) in [5.74, 6) is 0.215. The minimum Gasteiger partial charge on any atom is -0.378 e. The highest BCUT2D eigenvalue weighted by Gasteiger charge is 1.98. The van der Waals surface area contributed by atoms with E-state index in [1.165, 1.54) is 11.4 Å². The molecule has 0 aromatic heterocycles. The van der Waals surface area contributed by atoms with Gasteiger partial charge in [-0.25, -0.2) is 0 Å². The van der Waals surface area contributed by atoms with Crippen LogP contribution in [-0.2, 0) is 4.79 Å². The van der Waals surface area contributed by atoms with Crippen molar-refractivity contribution in [2.24, 2.45) is 0 Å². The van der Waals surface area contributed by atoms with Crippen LogP contribution in [0, 0.1) is 0 Å². The van der Waals surface area contributed by atoms with Crippen molar-refractivity contribution < 1.29 is 4.79 Å². The number of hydrogen-bond acceptors (Lipinski definition) is 3. The monoisotopic (exact) mass is 348 g/mol. The van der Waals surface area contributed by atoms with Crippen LogP contribution in [0.15, 0.2) is 60.7 Å². The van der Waals surface area contributed by atoms with Crippen molar-refractivity contribution >= 4 is 29.3 Å². The van der Waals surface area contributed by atoms with E-state index in [1.54, 1.807) is 0 Å². The number of carbonyl (C=O) groups is 1. The van der Waals surface area contributed by atoms with Gasteiger partial charge in [0.25, 0.3) is 0 Å². The van der Waals surface area contributed by atoms with Gasteiger partial charge in [0.2, 0.25) is 0 Å². The first-order chi connectivity index (χ1) is 12.5. The van der Waals surface area contributed by atoms with E-state index < -0.39 is 0 Å². The molecular formula is C23H28N2O. The minimum atomic E-state index is 0.215. The molecule has 2 rings (SSSR count). The summed E-state index contributed by atoms with van der Waals surface area (Å²) in [7, 11) is 8.09. The molecule has 3 heteroatoms. The average Bonchev–Trinajstić information content (AvgIpc) is 2.62. The van der Waals surface area contributed by atoms with Crippen LogP contribution >= 0.6 is 0 Å². The van der Waals surface area contributed by atoms with Gasteiger partial charge in [-0.05, 0) is 35.4 Å². The van der Waals surface area contributed by atoms with E-state index in [0.29, 0.717) is 12.8 Å². The summed E-state index contributed by atoms with van der Waals surface area (Å²) in [6.07, 6.45) is 8.79. The number of hydrogen-bond donors (Lipinski definition) is 0. The number of benzene rings is 2. The molecular weight excluding hydrogens is 320 g/mol. The highest BCUT2D eigenvalue weighted by Crippen LogP contribution is 2.14. The Labute approximate surface area is 157 Å². The molecule has 0 bridgehead atoms. The fraction of sp³-hybridized carbons (Fsp3) is 0.261. The molecule has 0 N–H and O–H groups in total. The van der Waals surface area contributed by atoms with Gasteiger partial charge in [-0.15, -0.1) is 0 Å². The van der Waals surface area contributed by atoms with E-state index in [4.69, 9.17) is 0 Å². The number of carbonyl (C=O) groups excluding carboxylic acids is 1. The van der Waals surface area contributed by atoms with E-state index in [2.05, 4.69) is 58.3 Å². The topological polar surface area (TPSA) is 23.6 Å². The Morgan fingerprint density at radius 1 is 0.692 bits per heavy atom. The Hall–Kier alpha value is -2.81. The quantitative estimate of drug-likeness (QED) is 0.678. The zero-order valence-electron chi connectivity index (χ0n) is 16.1. The van der Waals surface area contributed by atoms with Crippen LogP contribution in [0.25, 0.3) is 12.2 Å². The van der Waals surface area contributed by atoms with Crippen LogP contribution in [0.2, 0.25) is 0 Å². The van der Waals surface area contributed by atoms with Gasteiger partial charge >= 0.3 is 0 Å². The second-order valence-electron chi connectivity index (χ2n) is 6.72. The first-order valence-electron chi connectivity index (χ1n) is 8.85. The van der Waals surface area contributed by atoms with Gasteiger partial charge in [0.05, 0.1) is 0 Å². The van der Waals surface area contributed by atoms with Crippen LogP contribution in [0.4, 0.5) is 11.4 Å². The molecule has 0 saturated heterocycles. The molecule has 0 radical (unpaired) electrons. The number of rotatable bonds is 8. The Kier molecular flexibility index (Phi) is 7.22. The van der Waals surface area contributed by atoms with E-state index in [9.17, 15) is 4.79 Å². The first kappa shape index (κ1) is 19.5. The van der Waals surface area contributed by atoms with Gasteiger partial charge in [0.15, 0.2) is 0 Å². The van der Waals surface area contributed by atoms with Crippen molar-refractivity contribution in [3.63, 3.8) is 0 Å². The van der Waals surface area contributed by atoms with Gasteiger partial charge in [0.1, 0.15) is 5.78 Å². The lowest BCUT2D eigenvalue weighted by Crippen LogP contribution is -2.07. The average molecular weight is 348 g/mol. The summed E-state index contributed by atoms with van der Waals surface area (Å²) in [6.45, 7) is 0. The molecule has 0 aliphatic rings. The van der Waals surface area contributed by atoms with Crippen molar-refractivity contribution in [3.05, 3.63) is 71.8 Å². The van der Waals surface area contributed by atoms with E-state index in [1.807, 2.05) is 52.5 Å². The lowest BCUT2D eigenvalue weighted by atomic mass is 10.1. The molecule has 0 amide bonds. The number of ketones is 1. The maximum Gasteiger partial charge on any atom is 0.140 e. The van der Waals surface area contributed by atoms with Gasteiger partial charge in [-0.1, -0.05) is 48.6 Å². The lowest BCUT2D eigenvalue weighted by molar-refractivity contribution is -0.117. The minimum absolute atomic E-state index is 0.215. The highest BCUT2D eigenvalue weighted by atomic mass is 16.1. The number of Topliss-reactive ketones (excluding diaryl/α,β-unsaturated/α-hetero) is 1. The molecule has 0 atom stereocenters. The number of nitrogens with zero attached hydrogens (tertiary/aromatic N) is 2. The van der Waals surface area contributed by atoms with Gasteiger partial charge in [0, 0.05) is 52.4 Å². The fourth-order valence-corrected chi connectivity index (χ4v) is 2.50. The van der Waals surface area contributed by atoms with Crippen LogP contribution < -0.4 is 9.80 Å². The molecule has 0 heterocycles. The van der Waals surface area contributed by atoms with Crippen LogP contribution in [-0.4, -0.2) is 34.0 Å². The van der Waals surface area contributed by atoms with Crippen molar-refractivity contribution in [1.29, 1.82) is 0 Å². The summed E-state index contributed by atoms with van der Waals surface area (Å²) in [4.78, 5) is 16.1. The molecule has 0 aliphatic carbocycles. The SMILES string of the molecule is CN(C)c1ccc(C=CCC(=O)CC=Cc2ccc(N(C)C)cc2)cc1. The molecule has 0 unspecified atom stereocenters. The molecule has 0 fully saturated rings. The third-order valence-corrected chi connectivity index (χ3v) is 4.13. The van der Waals surface area contributed by atoms with Gasteiger partial charge < -0.3 is 9.80 Å². The molecule has 2 aromatic carbocycles. The highest BCUT2D eigenvalue weighted by molar-refractivity contribution is 5.83. The number of allylic oxidation sites excluding steroid dienone is 2. The summed E-state index contributed by atoms with van der Waals surface area (Å²) >= 11 is 0. The Balaban J connectivity index is 1.79. The normalized spacial score (nSPS) is 11.2. The van der Waals surface area contributed by atoms with Crippen LogP contribution in [0.3, 0.4) is 0 Å². The summed E-state index contributed by atoms with van der Waals surface area (Å²) in [5, 5.41) is 0. The van der Waals surface area contributed by atoms with Crippen molar-refractivity contribution in [2.75, 3.05) is 38.0 Å². The maximum absolute atomic E-state index is 12.0. The second kappa shape index (κ2) is 9.62. The van der Waals surface area contributed by atoms with Gasteiger partial charge in [-0.3, -0.25) is 4.79 Å². The third kappa shape index (κ3) is 6.25. The lowest BCUT2D eigenvalue weighted by Gasteiger charge is -2.11. The molecule has 0 spiro atoms. The fourth-order valence-electron chi connectivity index (χ4n) is 2.50. The van der Waals surface area contributed by atoms with Crippen molar-refractivity contribution in [1.82, 2.24) is 0 Å². The standard InChI is InChI=1S/C23H28N2O/c1-24(2)21-15-11-19(12-16-21)7-5-9-23(26)10-6-8-20-13-17-22(18-14-20)25(3)4/h5-8,11-18H,9-10H2,1-4H3. The molecule has 2 aromatic rings. The maximum atomic E-state index is 12.0. The van der Waals surface area contributed by atoms with E-state index in [-0.39, 0.29) is 5.78 Å². The van der Waals surface area contributed by atoms with Crippen molar-refractivity contribution in [2.45, 2.75) is 12.8 Å². The second-order valence-corrected chi connectivity index (χ2v) is 6.72. The summed E-state index contributed by atoms with van der Waals surface area (Å²) < 4.78 is 0. The first-order valence-corrected chi connectivity index (χ1v) is 8.85. The zero-order chi connectivity index (χ0) is 18.9. The molecule has 0 saturated carbocycles. The predicted molar refractivity (Wildman–Crippen MR) is 114 cm³/mol. The Morgan fingerprint density at radius 2 is 1.04 bits per heavy atom. The number of anilines is 2. The molecule has 26 heavy (non-hydrogen) atoms.